The summed E-state index contributed by atoms with van der Waals surface area (Å²) in [4.78, 5) is 4.05. The van der Waals surface area contributed by atoms with Crippen LogP contribution in [0.2, 0.25) is 0 Å². The molecule has 0 radical (unpaired) electrons. The molecule has 0 bridgehead atoms. The van der Waals surface area contributed by atoms with Crippen LogP contribution < -0.4 is 4.74 Å². The lowest BCUT2D eigenvalue weighted by molar-refractivity contribution is 0.302. The third-order valence-corrected chi connectivity index (χ3v) is 3.80. The summed E-state index contributed by atoms with van der Waals surface area (Å²) in [5.74, 6) is 0.937. The van der Waals surface area contributed by atoms with E-state index >= 15 is 0 Å². The highest BCUT2D eigenvalue weighted by Gasteiger charge is 2.00. The van der Waals surface area contributed by atoms with Gasteiger partial charge in [-0.25, -0.2) is 4.98 Å². The van der Waals surface area contributed by atoms with Gasteiger partial charge in [-0.3, -0.25) is 0 Å². The monoisotopic (exact) mass is 354 g/mol. The van der Waals surface area contributed by atoms with Gasteiger partial charge in [0.15, 0.2) is 0 Å². The standard InChI is InChI=1S/C21H22N2O.ClH/c1-2-8-19(9-3-1)12-13-20-10-4-5-11-21(20)24-17-7-6-15-23-16-14-22-18-23;/h1-5,8-14,16,18H,6-7,15,17H2;1H/b13-12+;. The minimum Gasteiger partial charge on any atom is -0.493 e. The molecule has 0 amide bonds. The number of para-hydroxylation sites is 1. The van der Waals surface area contributed by atoms with Crippen LogP contribution in [-0.4, -0.2) is 16.2 Å². The normalized spacial score (nSPS) is 10.6. The van der Waals surface area contributed by atoms with E-state index in [-0.39, 0.29) is 12.4 Å². The highest BCUT2D eigenvalue weighted by atomic mass is 35.5. The van der Waals surface area contributed by atoms with Gasteiger partial charge in [-0.05, 0) is 24.5 Å². The van der Waals surface area contributed by atoms with Crippen molar-refractivity contribution in [2.75, 3.05) is 6.61 Å². The molecule has 3 aromatic rings. The second-order valence-electron chi connectivity index (χ2n) is 5.64. The van der Waals surface area contributed by atoms with Crippen molar-refractivity contribution in [1.29, 1.82) is 0 Å². The number of ether oxygens (including phenoxy) is 1. The smallest absolute Gasteiger partial charge is 0.126 e. The van der Waals surface area contributed by atoms with Crippen LogP contribution >= 0.6 is 12.4 Å². The molecule has 3 nitrogen and oxygen atoms in total. The van der Waals surface area contributed by atoms with Crippen LogP contribution in [0.1, 0.15) is 24.0 Å². The van der Waals surface area contributed by atoms with Crippen molar-refractivity contribution in [2.24, 2.45) is 0 Å². The van der Waals surface area contributed by atoms with Crippen LogP contribution in [0, 0.1) is 0 Å². The first-order chi connectivity index (χ1) is 11.9. The van der Waals surface area contributed by atoms with Crippen molar-refractivity contribution in [2.45, 2.75) is 19.4 Å². The quantitative estimate of drug-likeness (QED) is 0.403. The van der Waals surface area contributed by atoms with Gasteiger partial charge in [0.2, 0.25) is 0 Å². The molecule has 0 N–H and O–H groups in total. The molecule has 130 valence electrons. The zero-order valence-corrected chi connectivity index (χ0v) is 14.9. The summed E-state index contributed by atoms with van der Waals surface area (Å²) in [5, 5.41) is 0. The predicted octanol–water partition coefficient (Wildman–Crippen LogP) is 5.33. The summed E-state index contributed by atoms with van der Waals surface area (Å²) >= 11 is 0. The molecule has 0 saturated heterocycles. The number of imidazole rings is 1. The minimum atomic E-state index is 0. The number of aromatic nitrogens is 2. The fourth-order valence-corrected chi connectivity index (χ4v) is 2.50. The fourth-order valence-electron chi connectivity index (χ4n) is 2.50. The number of halogens is 1. The zero-order valence-electron chi connectivity index (χ0n) is 14.1. The van der Waals surface area contributed by atoms with Gasteiger partial charge in [-0.15, -0.1) is 12.4 Å². The number of hydrogen-bond acceptors (Lipinski definition) is 2. The fraction of sp³-hybridized carbons (Fsp3) is 0.190. The van der Waals surface area contributed by atoms with Gasteiger partial charge in [0.25, 0.3) is 0 Å². The maximum atomic E-state index is 5.97. The molecule has 0 saturated carbocycles. The van der Waals surface area contributed by atoms with Crippen LogP contribution in [0.25, 0.3) is 12.2 Å². The molecule has 0 aliphatic heterocycles. The van der Waals surface area contributed by atoms with E-state index in [1.54, 1.807) is 0 Å². The predicted molar refractivity (Wildman–Crippen MR) is 106 cm³/mol. The molecule has 0 aliphatic carbocycles. The Bertz CT molecular complexity index is 755. The van der Waals surface area contributed by atoms with Crippen LogP contribution in [-0.2, 0) is 6.54 Å². The molecule has 0 fully saturated rings. The van der Waals surface area contributed by atoms with Gasteiger partial charge in [-0.2, -0.15) is 0 Å². The van der Waals surface area contributed by atoms with E-state index in [9.17, 15) is 0 Å². The molecule has 0 spiro atoms. The average molecular weight is 355 g/mol. The largest absolute Gasteiger partial charge is 0.493 e. The maximum absolute atomic E-state index is 5.97. The maximum Gasteiger partial charge on any atom is 0.126 e. The van der Waals surface area contributed by atoms with Gasteiger partial charge in [-0.1, -0.05) is 60.7 Å². The van der Waals surface area contributed by atoms with E-state index in [4.69, 9.17) is 4.74 Å². The molecule has 0 unspecified atom stereocenters. The Morgan fingerprint density at radius 1 is 0.920 bits per heavy atom. The molecule has 1 heterocycles. The molecular weight excluding hydrogens is 332 g/mol. The van der Waals surface area contributed by atoms with E-state index in [0.29, 0.717) is 0 Å². The Morgan fingerprint density at radius 2 is 1.72 bits per heavy atom. The number of rotatable bonds is 8. The molecule has 3 rings (SSSR count). The van der Waals surface area contributed by atoms with Crippen molar-refractivity contribution in [3.63, 3.8) is 0 Å². The van der Waals surface area contributed by atoms with Crippen molar-refractivity contribution >= 4 is 24.6 Å². The summed E-state index contributed by atoms with van der Waals surface area (Å²) in [5.41, 5.74) is 2.29. The lowest BCUT2D eigenvalue weighted by Gasteiger charge is -2.09. The van der Waals surface area contributed by atoms with Crippen molar-refractivity contribution in [3.05, 3.63) is 84.4 Å². The summed E-state index contributed by atoms with van der Waals surface area (Å²) < 4.78 is 8.06. The van der Waals surface area contributed by atoms with Crippen LogP contribution in [0.4, 0.5) is 0 Å². The zero-order chi connectivity index (χ0) is 16.5. The van der Waals surface area contributed by atoms with Gasteiger partial charge in [0.05, 0.1) is 12.9 Å². The van der Waals surface area contributed by atoms with E-state index in [1.807, 2.05) is 55.1 Å². The third kappa shape index (κ3) is 6.12. The number of benzene rings is 2. The van der Waals surface area contributed by atoms with Crippen LogP contribution in [0.15, 0.2) is 73.3 Å². The average Bonchev–Trinajstić information content (AvgIpc) is 3.15. The SMILES string of the molecule is C(=C\c1ccccc1OCCCCn1ccnc1)/c1ccccc1.Cl. The molecule has 0 atom stereocenters. The first-order valence-electron chi connectivity index (χ1n) is 8.32. The van der Waals surface area contributed by atoms with Gasteiger partial charge < -0.3 is 9.30 Å². The van der Waals surface area contributed by atoms with E-state index in [2.05, 4.69) is 39.9 Å². The lowest BCUT2D eigenvalue weighted by atomic mass is 10.1. The molecule has 1 aromatic heterocycles. The Kier molecular flexibility index (Phi) is 7.80. The van der Waals surface area contributed by atoms with Gasteiger partial charge in [0, 0.05) is 24.5 Å². The molecular formula is C21H23ClN2O. The third-order valence-electron chi connectivity index (χ3n) is 3.80. The number of unbranched alkanes of at least 4 members (excludes halogenated alkanes) is 1. The van der Waals surface area contributed by atoms with Crippen molar-refractivity contribution < 1.29 is 4.74 Å². The van der Waals surface area contributed by atoms with Crippen molar-refractivity contribution in [3.8, 4) is 5.75 Å². The molecule has 4 heteroatoms. The topological polar surface area (TPSA) is 27.1 Å². The number of aryl methyl sites for hydroxylation is 1. The van der Waals surface area contributed by atoms with Gasteiger partial charge >= 0.3 is 0 Å². The van der Waals surface area contributed by atoms with Crippen LogP contribution in [0.3, 0.4) is 0 Å². The van der Waals surface area contributed by atoms with Gasteiger partial charge in [0.1, 0.15) is 5.75 Å². The van der Waals surface area contributed by atoms with E-state index in [0.717, 1.165) is 37.3 Å². The summed E-state index contributed by atoms with van der Waals surface area (Å²) in [6, 6.07) is 18.5. The van der Waals surface area contributed by atoms with E-state index in [1.165, 1.54) is 5.56 Å². The number of nitrogens with zero attached hydrogens (tertiary/aromatic N) is 2. The summed E-state index contributed by atoms with van der Waals surface area (Å²) in [6.45, 7) is 1.71. The molecule has 2 aromatic carbocycles. The highest BCUT2D eigenvalue weighted by molar-refractivity contribution is 5.85. The Hall–Kier alpha value is -2.52. The second kappa shape index (κ2) is 10.4. The second-order valence-corrected chi connectivity index (χ2v) is 5.64. The minimum absolute atomic E-state index is 0. The van der Waals surface area contributed by atoms with Crippen molar-refractivity contribution in [1.82, 2.24) is 9.55 Å². The summed E-state index contributed by atoms with van der Waals surface area (Å²) in [6.07, 6.45) is 12.0. The molecule has 0 aliphatic rings. The first-order valence-corrected chi connectivity index (χ1v) is 8.32. The summed E-state index contributed by atoms with van der Waals surface area (Å²) in [7, 11) is 0. The first kappa shape index (κ1) is 18.8. The highest BCUT2D eigenvalue weighted by Crippen LogP contribution is 2.21. The molecule has 25 heavy (non-hydrogen) atoms. The lowest BCUT2D eigenvalue weighted by Crippen LogP contribution is -2.01. The Morgan fingerprint density at radius 3 is 2.52 bits per heavy atom. The van der Waals surface area contributed by atoms with Crippen LogP contribution in [0.5, 0.6) is 5.75 Å². The Balaban J connectivity index is 0.00000225. The number of hydrogen-bond donors (Lipinski definition) is 0. The van der Waals surface area contributed by atoms with E-state index < -0.39 is 0 Å². The Labute approximate surface area is 155 Å².